The lowest BCUT2D eigenvalue weighted by Crippen LogP contribution is -2.55. The van der Waals surface area contributed by atoms with Gasteiger partial charge in [-0.2, -0.15) is 0 Å². The molecule has 14 nitrogen and oxygen atoms in total. The third-order valence-corrected chi connectivity index (χ3v) is 6.10. The van der Waals surface area contributed by atoms with E-state index in [0.29, 0.717) is 11.5 Å². The fourth-order valence-corrected chi connectivity index (χ4v) is 4.26. The van der Waals surface area contributed by atoms with Crippen molar-refractivity contribution in [1.82, 2.24) is 10.6 Å². The second kappa shape index (κ2) is 11.8. The number of rotatable bonds is 10. The van der Waals surface area contributed by atoms with Crippen molar-refractivity contribution in [2.24, 2.45) is 0 Å². The largest absolute Gasteiger partial charge is 0.481 e. The molecule has 3 atom stereocenters. The Bertz CT molecular complexity index is 1290. The van der Waals surface area contributed by atoms with Crippen LogP contribution >= 0.6 is 0 Å². The minimum absolute atomic E-state index is 0.00222. The summed E-state index contributed by atoms with van der Waals surface area (Å²) in [4.78, 5) is 64.2. The van der Waals surface area contributed by atoms with Crippen molar-refractivity contribution < 1.29 is 48.8 Å². The number of hydrogen-bond acceptors (Lipinski definition) is 10. The van der Waals surface area contributed by atoms with Gasteiger partial charge < -0.3 is 45.1 Å². The van der Waals surface area contributed by atoms with E-state index in [2.05, 4.69) is 10.6 Å². The molecule has 0 spiro atoms. The molecule has 14 heteroatoms. The predicted octanol–water partition coefficient (Wildman–Crippen LogP) is -1.16. The van der Waals surface area contributed by atoms with Crippen LogP contribution in [-0.4, -0.2) is 90.1 Å². The normalized spacial score (nSPS) is 17.5. The van der Waals surface area contributed by atoms with Crippen molar-refractivity contribution in [3.05, 3.63) is 48.0 Å². The van der Waals surface area contributed by atoms with Crippen LogP contribution in [-0.2, 0) is 19.2 Å². The number of anilines is 2. The molecule has 2 aromatic carbocycles. The van der Waals surface area contributed by atoms with E-state index in [4.69, 9.17) is 14.6 Å². The molecule has 206 valence electrons. The second-order valence-electron chi connectivity index (χ2n) is 8.73. The molecular formula is C25H26N4O10. The maximum atomic E-state index is 13.7. The lowest BCUT2D eigenvalue weighted by Gasteiger charge is -2.30. The first-order valence-electron chi connectivity index (χ1n) is 11.8. The molecule has 2 aliphatic rings. The Hall–Kier alpha value is -4.69. The van der Waals surface area contributed by atoms with Crippen molar-refractivity contribution in [2.75, 3.05) is 36.3 Å². The molecule has 4 rings (SSSR count). The number of fused-ring (bicyclic) bond motifs is 2. The molecule has 3 amide bonds. The summed E-state index contributed by atoms with van der Waals surface area (Å²) >= 11 is 0. The minimum atomic E-state index is -1.45. The Labute approximate surface area is 221 Å². The Kier molecular flexibility index (Phi) is 8.27. The highest BCUT2D eigenvalue weighted by atomic mass is 16.7. The third kappa shape index (κ3) is 6.08. The van der Waals surface area contributed by atoms with Crippen molar-refractivity contribution in [2.45, 2.75) is 24.7 Å². The average molecular weight is 543 g/mol. The summed E-state index contributed by atoms with van der Waals surface area (Å²) in [6, 6.07) is 8.13. The highest BCUT2D eigenvalue weighted by Crippen LogP contribution is 2.34. The number of ether oxygens (including phenoxy) is 2. The summed E-state index contributed by atoms with van der Waals surface area (Å²) in [6.07, 6.45) is -1.82. The minimum Gasteiger partial charge on any atom is -0.481 e. The van der Waals surface area contributed by atoms with Gasteiger partial charge in [0.2, 0.25) is 12.7 Å². The van der Waals surface area contributed by atoms with Gasteiger partial charge in [0, 0.05) is 12.1 Å². The number of carbonyl (C=O) groups is 5. The predicted molar refractivity (Wildman–Crippen MR) is 133 cm³/mol. The van der Waals surface area contributed by atoms with Gasteiger partial charge in [-0.25, -0.2) is 0 Å². The van der Waals surface area contributed by atoms with Crippen molar-refractivity contribution >= 4 is 41.4 Å². The molecule has 0 radical (unpaired) electrons. The van der Waals surface area contributed by atoms with Crippen LogP contribution < -0.4 is 29.9 Å². The molecule has 2 aliphatic heterocycles. The van der Waals surface area contributed by atoms with E-state index in [1.165, 1.54) is 23.1 Å². The van der Waals surface area contributed by atoms with Crippen LogP contribution in [0.5, 0.6) is 11.5 Å². The number of aldehydes is 1. The van der Waals surface area contributed by atoms with Gasteiger partial charge >= 0.3 is 5.97 Å². The number of aliphatic hydroxyl groups excluding tert-OH is 2. The molecule has 0 aliphatic carbocycles. The molecule has 39 heavy (non-hydrogen) atoms. The number of aliphatic carboxylic acids is 1. The SMILES string of the molecule is O=C[C@H](CC(=O)O)NC(=O)CN1C(=O)[C@@H](NC(=O)c2ccc3c(c2)OCO3)CN(C(O)CO)c2ccccc21. The standard InChI is InChI=1S/C25H26N4O10/c30-11-15(8-23(34)35)26-21(32)10-29-18-4-2-1-3-17(18)28(22(33)12-31)9-16(25(29)37)27-24(36)14-5-6-19-20(7-14)39-13-38-19/h1-7,11,15-16,22,31,33H,8-10,12-13H2,(H,26,32)(H,27,36)(H,34,35)/t15-,16-,22?/m0/s1. The van der Waals surface area contributed by atoms with Crippen molar-refractivity contribution in [1.29, 1.82) is 0 Å². The molecule has 0 fully saturated rings. The van der Waals surface area contributed by atoms with Crippen LogP contribution in [0.4, 0.5) is 11.4 Å². The summed E-state index contributed by atoms with van der Waals surface area (Å²) in [5.74, 6) is -2.69. The van der Waals surface area contributed by atoms with Crippen molar-refractivity contribution in [3.63, 3.8) is 0 Å². The molecule has 0 saturated heterocycles. The lowest BCUT2D eigenvalue weighted by molar-refractivity contribution is -0.138. The summed E-state index contributed by atoms with van der Waals surface area (Å²) in [5.41, 5.74) is 0.637. The lowest BCUT2D eigenvalue weighted by atomic mass is 10.1. The number of carbonyl (C=O) groups excluding carboxylic acids is 4. The Morgan fingerprint density at radius 1 is 1.10 bits per heavy atom. The van der Waals surface area contributed by atoms with Crippen LogP contribution in [0, 0.1) is 0 Å². The molecule has 2 heterocycles. The number of hydrogen-bond donors (Lipinski definition) is 5. The number of para-hydroxylation sites is 2. The van der Waals surface area contributed by atoms with Crippen LogP contribution in [0.25, 0.3) is 0 Å². The molecule has 5 N–H and O–H groups in total. The van der Waals surface area contributed by atoms with E-state index < -0.39 is 61.6 Å². The number of aliphatic hydroxyl groups is 2. The first-order chi connectivity index (χ1) is 18.7. The van der Waals surface area contributed by atoms with Gasteiger partial charge in [-0.15, -0.1) is 0 Å². The van der Waals surface area contributed by atoms with Crippen LogP contribution in [0.3, 0.4) is 0 Å². The van der Waals surface area contributed by atoms with E-state index in [-0.39, 0.29) is 36.6 Å². The maximum Gasteiger partial charge on any atom is 0.305 e. The van der Waals surface area contributed by atoms with Crippen molar-refractivity contribution in [3.8, 4) is 11.5 Å². The Balaban J connectivity index is 1.64. The molecule has 1 unspecified atom stereocenters. The zero-order valence-corrected chi connectivity index (χ0v) is 20.5. The van der Waals surface area contributed by atoms with E-state index in [9.17, 15) is 34.2 Å². The smallest absolute Gasteiger partial charge is 0.305 e. The number of carboxylic acid groups (broad SMARTS) is 1. The van der Waals surface area contributed by atoms with E-state index in [1.807, 2.05) is 0 Å². The first-order valence-corrected chi connectivity index (χ1v) is 11.8. The molecular weight excluding hydrogens is 516 g/mol. The molecule has 2 aromatic rings. The number of amides is 3. The first kappa shape index (κ1) is 27.3. The number of benzene rings is 2. The highest BCUT2D eigenvalue weighted by molar-refractivity contribution is 6.08. The monoisotopic (exact) mass is 542 g/mol. The topological polar surface area (TPSA) is 195 Å². The van der Waals surface area contributed by atoms with E-state index in [0.717, 1.165) is 4.90 Å². The van der Waals surface area contributed by atoms with Gasteiger partial charge in [-0.1, -0.05) is 12.1 Å². The molecule has 0 aromatic heterocycles. The maximum absolute atomic E-state index is 13.7. The van der Waals surface area contributed by atoms with E-state index in [1.54, 1.807) is 24.3 Å². The fourth-order valence-electron chi connectivity index (χ4n) is 4.26. The summed E-state index contributed by atoms with van der Waals surface area (Å²) in [7, 11) is 0. The van der Waals surface area contributed by atoms with E-state index >= 15 is 0 Å². The zero-order valence-electron chi connectivity index (χ0n) is 20.5. The quantitative estimate of drug-likeness (QED) is 0.227. The zero-order chi connectivity index (χ0) is 28.1. The molecule has 0 bridgehead atoms. The summed E-state index contributed by atoms with van der Waals surface area (Å²) in [6.45, 7) is -1.58. The van der Waals surface area contributed by atoms with Gasteiger partial charge in [0.15, 0.2) is 11.5 Å². The number of carboxylic acids is 1. The fraction of sp³-hybridized carbons (Fsp3) is 0.320. The average Bonchev–Trinajstić information content (AvgIpc) is 3.36. The summed E-state index contributed by atoms with van der Waals surface area (Å²) in [5, 5.41) is 34.0. The number of nitrogens with one attached hydrogen (secondary N) is 2. The second-order valence-corrected chi connectivity index (χ2v) is 8.73. The third-order valence-electron chi connectivity index (χ3n) is 6.10. The molecule has 0 saturated carbocycles. The van der Waals surface area contributed by atoms with Crippen LogP contribution in [0.1, 0.15) is 16.8 Å². The Morgan fingerprint density at radius 3 is 2.51 bits per heavy atom. The Morgan fingerprint density at radius 2 is 1.82 bits per heavy atom. The van der Waals surface area contributed by atoms with Gasteiger partial charge in [0.1, 0.15) is 25.1 Å². The van der Waals surface area contributed by atoms with Gasteiger partial charge in [0.25, 0.3) is 11.8 Å². The van der Waals surface area contributed by atoms with Gasteiger partial charge in [-0.3, -0.25) is 24.1 Å². The van der Waals surface area contributed by atoms with Gasteiger partial charge in [-0.05, 0) is 30.3 Å². The van der Waals surface area contributed by atoms with Gasteiger partial charge in [0.05, 0.1) is 30.4 Å². The number of nitrogens with zero attached hydrogens (tertiary/aromatic N) is 2. The van der Waals surface area contributed by atoms with Crippen LogP contribution in [0.2, 0.25) is 0 Å². The highest BCUT2D eigenvalue weighted by Gasteiger charge is 2.38. The van der Waals surface area contributed by atoms with Crippen LogP contribution in [0.15, 0.2) is 42.5 Å². The summed E-state index contributed by atoms with van der Waals surface area (Å²) < 4.78 is 10.5.